The van der Waals surface area contributed by atoms with Gasteiger partial charge in [-0.3, -0.25) is 0 Å². The minimum absolute atomic E-state index is 1.000. The molecular formula is C7H6BrIN2. The van der Waals surface area contributed by atoms with Crippen LogP contribution in [0.5, 0.6) is 0 Å². The highest BCUT2D eigenvalue weighted by molar-refractivity contribution is 14.1. The molecule has 0 radical (unpaired) electrons. The van der Waals surface area contributed by atoms with E-state index in [1.54, 1.807) is 6.21 Å². The van der Waals surface area contributed by atoms with Crippen molar-refractivity contribution in [1.29, 1.82) is 0 Å². The SMILES string of the molecule is NN=Cc1ccc(I)c(Br)c1. The summed E-state index contributed by atoms with van der Waals surface area (Å²) < 4.78 is 2.24. The van der Waals surface area contributed by atoms with Crippen molar-refractivity contribution in [2.75, 3.05) is 0 Å². The Hall–Kier alpha value is -0.100. The highest BCUT2D eigenvalue weighted by atomic mass is 127. The smallest absolute Gasteiger partial charge is 0.0538 e. The van der Waals surface area contributed by atoms with Gasteiger partial charge in [-0.2, -0.15) is 5.10 Å². The Morgan fingerprint density at radius 2 is 2.27 bits per heavy atom. The summed E-state index contributed by atoms with van der Waals surface area (Å²) in [7, 11) is 0. The van der Waals surface area contributed by atoms with E-state index in [0.29, 0.717) is 0 Å². The number of benzene rings is 1. The highest BCUT2D eigenvalue weighted by Gasteiger charge is 1.95. The van der Waals surface area contributed by atoms with Gasteiger partial charge in [0.2, 0.25) is 0 Å². The van der Waals surface area contributed by atoms with Crippen molar-refractivity contribution in [3.05, 3.63) is 31.8 Å². The number of hydrazone groups is 1. The third kappa shape index (κ3) is 2.44. The van der Waals surface area contributed by atoms with E-state index < -0.39 is 0 Å². The monoisotopic (exact) mass is 324 g/mol. The van der Waals surface area contributed by atoms with E-state index >= 15 is 0 Å². The molecule has 1 rings (SSSR count). The lowest BCUT2D eigenvalue weighted by Gasteiger charge is -1.96. The van der Waals surface area contributed by atoms with E-state index in [0.717, 1.165) is 10.0 Å². The molecule has 1 aromatic rings. The quantitative estimate of drug-likeness (QED) is 0.366. The third-order valence-corrected chi connectivity index (χ3v) is 3.51. The Morgan fingerprint density at radius 1 is 1.55 bits per heavy atom. The first-order valence-electron chi connectivity index (χ1n) is 2.92. The molecule has 2 N–H and O–H groups in total. The van der Waals surface area contributed by atoms with Gasteiger partial charge < -0.3 is 5.84 Å². The summed E-state index contributed by atoms with van der Waals surface area (Å²) in [6.45, 7) is 0. The molecule has 0 heterocycles. The zero-order chi connectivity index (χ0) is 8.27. The van der Waals surface area contributed by atoms with E-state index in [9.17, 15) is 0 Å². The first-order chi connectivity index (χ1) is 5.24. The molecular weight excluding hydrogens is 319 g/mol. The van der Waals surface area contributed by atoms with Crippen molar-refractivity contribution in [3.63, 3.8) is 0 Å². The van der Waals surface area contributed by atoms with E-state index in [1.165, 1.54) is 3.57 Å². The molecule has 0 aliphatic rings. The molecule has 2 nitrogen and oxygen atoms in total. The Labute approximate surface area is 87.1 Å². The van der Waals surface area contributed by atoms with Crippen LogP contribution in [0, 0.1) is 3.57 Å². The molecule has 58 valence electrons. The number of nitrogens with two attached hydrogens (primary N) is 1. The molecule has 0 spiro atoms. The molecule has 11 heavy (non-hydrogen) atoms. The van der Waals surface area contributed by atoms with E-state index in [4.69, 9.17) is 5.84 Å². The van der Waals surface area contributed by atoms with Crippen LogP contribution in [0.3, 0.4) is 0 Å². The molecule has 4 heteroatoms. The average molecular weight is 325 g/mol. The fourth-order valence-electron chi connectivity index (χ4n) is 0.679. The van der Waals surface area contributed by atoms with Crippen LogP contribution in [-0.2, 0) is 0 Å². The number of hydrogen-bond donors (Lipinski definition) is 1. The summed E-state index contributed by atoms with van der Waals surface area (Å²) in [5, 5.41) is 3.43. The summed E-state index contributed by atoms with van der Waals surface area (Å²) in [5.74, 6) is 5.00. The summed E-state index contributed by atoms with van der Waals surface area (Å²) in [6.07, 6.45) is 1.61. The molecule has 1 aromatic carbocycles. The lowest BCUT2D eigenvalue weighted by Crippen LogP contribution is -1.86. The Kier molecular flexibility index (Phi) is 3.32. The maximum Gasteiger partial charge on any atom is 0.0538 e. The van der Waals surface area contributed by atoms with Crippen LogP contribution in [0.4, 0.5) is 0 Å². The third-order valence-electron chi connectivity index (χ3n) is 1.17. The Bertz CT molecular complexity index is 286. The molecule has 0 saturated heterocycles. The fraction of sp³-hybridized carbons (Fsp3) is 0. The molecule has 0 aliphatic heterocycles. The topological polar surface area (TPSA) is 38.4 Å². The molecule has 0 unspecified atom stereocenters. The summed E-state index contributed by atoms with van der Waals surface area (Å²) in [6, 6.07) is 5.93. The normalized spacial score (nSPS) is 10.7. The van der Waals surface area contributed by atoms with Crippen molar-refractivity contribution >= 4 is 44.7 Å². The van der Waals surface area contributed by atoms with Gasteiger partial charge in [-0.1, -0.05) is 6.07 Å². The highest BCUT2D eigenvalue weighted by Crippen LogP contribution is 2.19. The number of halogens is 2. The van der Waals surface area contributed by atoms with Gasteiger partial charge >= 0.3 is 0 Å². The van der Waals surface area contributed by atoms with Gasteiger partial charge in [-0.05, 0) is 56.2 Å². The molecule has 0 fully saturated rings. The summed E-state index contributed by atoms with van der Waals surface area (Å²) >= 11 is 5.65. The van der Waals surface area contributed by atoms with Crippen LogP contribution in [0.25, 0.3) is 0 Å². The van der Waals surface area contributed by atoms with Gasteiger partial charge in [-0.15, -0.1) is 0 Å². The number of nitrogens with zero attached hydrogens (tertiary/aromatic N) is 1. The lowest BCUT2D eigenvalue weighted by atomic mass is 10.2. The van der Waals surface area contributed by atoms with Gasteiger partial charge in [0.05, 0.1) is 6.21 Å². The minimum atomic E-state index is 1.000. The van der Waals surface area contributed by atoms with Gasteiger partial charge in [0.25, 0.3) is 0 Å². The predicted molar refractivity (Wildman–Crippen MR) is 58.6 cm³/mol. The van der Waals surface area contributed by atoms with Crippen LogP contribution in [-0.4, -0.2) is 6.21 Å². The van der Waals surface area contributed by atoms with Crippen molar-refractivity contribution in [2.24, 2.45) is 10.9 Å². The van der Waals surface area contributed by atoms with E-state index in [1.807, 2.05) is 18.2 Å². The van der Waals surface area contributed by atoms with Crippen LogP contribution in [0.15, 0.2) is 27.8 Å². The zero-order valence-electron chi connectivity index (χ0n) is 5.59. The largest absolute Gasteiger partial charge is 0.323 e. The maximum atomic E-state index is 5.00. The standard InChI is InChI=1S/C7H6BrIN2/c8-6-3-5(4-11-10)1-2-7(6)9/h1-4H,10H2. The van der Waals surface area contributed by atoms with Crippen LogP contribution < -0.4 is 5.84 Å². The van der Waals surface area contributed by atoms with Crippen LogP contribution in [0.2, 0.25) is 0 Å². The minimum Gasteiger partial charge on any atom is -0.323 e. The van der Waals surface area contributed by atoms with E-state index in [-0.39, 0.29) is 0 Å². The van der Waals surface area contributed by atoms with Gasteiger partial charge in [0.1, 0.15) is 0 Å². The summed E-state index contributed by atoms with van der Waals surface area (Å²) in [4.78, 5) is 0. The molecule has 0 amide bonds. The predicted octanol–water partition coefficient (Wildman–Crippen LogP) is 2.35. The molecule has 0 aromatic heterocycles. The first-order valence-corrected chi connectivity index (χ1v) is 4.79. The average Bonchev–Trinajstić information content (AvgIpc) is 1.98. The van der Waals surface area contributed by atoms with Crippen molar-refractivity contribution < 1.29 is 0 Å². The number of hydrogen-bond acceptors (Lipinski definition) is 2. The van der Waals surface area contributed by atoms with Gasteiger partial charge in [-0.25, -0.2) is 0 Å². The van der Waals surface area contributed by atoms with Gasteiger partial charge in [0, 0.05) is 8.04 Å². The van der Waals surface area contributed by atoms with Crippen LogP contribution in [0.1, 0.15) is 5.56 Å². The number of rotatable bonds is 1. The van der Waals surface area contributed by atoms with Crippen molar-refractivity contribution in [1.82, 2.24) is 0 Å². The second-order valence-corrected chi connectivity index (χ2v) is 3.97. The molecule has 0 atom stereocenters. The lowest BCUT2D eigenvalue weighted by molar-refractivity contribution is 1.26. The van der Waals surface area contributed by atoms with Gasteiger partial charge in [0.15, 0.2) is 0 Å². The van der Waals surface area contributed by atoms with E-state index in [2.05, 4.69) is 43.6 Å². The summed E-state index contributed by atoms with van der Waals surface area (Å²) in [5.41, 5.74) is 1.000. The maximum absolute atomic E-state index is 5.00. The molecule has 0 aliphatic carbocycles. The van der Waals surface area contributed by atoms with Crippen molar-refractivity contribution in [3.8, 4) is 0 Å². The van der Waals surface area contributed by atoms with Crippen molar-refractivity contribution in [2.45, 2.75) is 0 Å². The van der Waals surface area contributed by atoms with Crippen LogP contribution >= 0.6 is 38.5 Å². The second kappa shape index (κ2) is 4.06. The Balaban J connectivity index is 3.05. The first kappa shape index (κ1) is 8.99. The fourth-order valence-corrected chi connectivity index (χ4v) is 1.41. The zero-order valence-corrected chi connectivity index (χ0v) is 9.33. The Morgan fingerprint density at radius 3 is 2.82 bits per heavy atom. The molecule has 0 bridgehead atoms. The molecule has 0 saturated carbocycles. The second-order valence-electron chi connectivity index (χ2n) is 1.95.